The second-order valence-electron chi connectivity index (χ2n) is 7.14. The zero-order valence-corrected chi connectivity index (χ0v) is 15.0. The molecule has 12 heteroatoms. The summed E-state index contributed by atoms with van der Waals surface area (Å²) in [6.45, 7) is 0. The van der Waals surface area contributed by atoms with E-state index >= 15 is 0 Å². The van der Waals surface area contributed by atoms with Crippen LogP contribution >= 0.6 is 0 Å². The molecule has 2 aromatic heterocycles. The lowest BCUT2D eigenvalue weighted by Crippen LogP contribution is -2.59. The lowest BCUT2D eigenvalue weighted by atomic mass is 9.75. The molecule has 2 heterocycles. The fraction of sp³-hybridized carbons (Fsp3) is 0.333. The molecule has 30 heavy (non-hydrogen) atoms. The second kappa shape index (κ2) is 6.49. The monoisotopic (exact) mass is 432 g/mol. The number of aromatic nitrogens is 3. The third-order valence-corrected chi connectivity index (χ3v) is 5.07. The highest BCUT2D eigenvalue weighted by molar-refractivity contribution is 5.81. The summed E-state index contributed by atoms with van der Waals surface area (Å²) in [5.41, 5.74) is -3.30. The maximum absolute atomic E-state index is 12.8. The van der Waals surface area contributed by atoms with Gasteiger partial charge in [-0.05, 0) is 30.3 Å². The van der Waals surface area contributed by atoms with Crippen molar-refractivity contribution in [1.82, 2.24) is 14.6 Å². The van der Waals surface area contributed by atoms with Gasteiger partial charge in [-0.2, -0.15) is 26.3 Å². The molecule has 6 nitrogen and oxygen atoms in total. The topological polar surface area (TPSA) is 82.7 Å². The first kappa shape index (κ1) is 20.3. The lowest BCUT2D eigenvalue weighted by Gasteiger charge is -2.44. The van der Waals surface area contributed by atoms with Crippen molar-refractivity contribution < 1.29 is 36.6 Å². The van der Waals surface area contributed by atoms with Gasteiger partial charge in [0.1, 0.15) is 11.4 Å². The number of hydrogen-bond acceptors (Lipinski definition) is 5. The van der Waals surface area contributed by atoms with E-state index in [2.05, 4.69) is 15.5 Å². The van der Waals surface area contributed by atoms with Crippen LogP contribution in [-0.4, -0.2) is 42.6 Å². The summed E-state index contributed by atoms with van der Waals surface area (Å²) in [6, 6.07) is 4.91. The zero-order valence-electron chi connectivity index (χ0n) is 15.0. The summed E-state index contributed by atoms with van der Waals surface area (Å²) in [7, 11) is 0. The average Bonchev–Trinajstić information content (AvgIpc) is 3.09. The SMILES string of the molecule is Oc1cc(C(F)(F)F)ccc1-c1nnc(NC2CC(O)(C(F)(F)F)C2)n2cccc12. The Hall–Kier alpha value is -3.02. The Bertz CT molecular complexity index is 1100. The van der Waals surface area contributed by atoms with Gasteiger partial charge in [0, 0.05) is 30.6 Å². The lowest BCUT2D eigenvalue weighted by molar-refractivity contribution is -0.288. The Balaban J connectivity index is 1.63. The van der Waals surface area contributed by atoms with Gasteiger partial charge in [-0.25, -0.2) is 0 Å². The number of phenols is 1. The number of aliphatic hydroxyl groups is 1. The number of halogens is 6. The molecule has 0 atom stereocenters. The van der Waals surface area contributed by atoms with Gasteiger partial charge in [0.05, 0.1) is 11.1 Å². The number of benzene rings is 1. The molecule has 160 valence electrons. The summed E-state index contributed by atoms with van der Waals surface area (Å²) in [5, 5.41) is 30.2. The molecule has 1 fully saturated rings. The Labute approximate surface area is 164 Å². The van der Waals surface area contributed by atoms with Crippen LogP contribution in [-0.2, 0) is 6.18 Å². The number of anilines is 1. The summed E-state index contributed by atoms with van der Waals surface area (Å²) in [6.07, 6.45) is -8.93. The first-order chi connectivity index (χ1) is 13.9. The quantitative estimate of drug-likeness (QED) is 0.546. The van der Waals surface area contributed by atoms with Crippen molar-refractivity contribution in [1.29, 1.82) is 0 Å². The maximum atomic E-state index is 12.8. The Morgan fingerprint density at radius 1 is 1.07 bits per heavy atom. The van der Waals surface area contributed by atoms with E-state index in [-0.39, 0.29) is 17.2 Å². The van der Waals surface area contributed by atoms with Gasteiger partial charge in [0.25, 0.3) is 0 Å². The van der Waals surface area contributed by atoms with E-state index in [1.54, 1.807) is 12.1 Å². The van der Waals surface area contributed by atoms with Gasteiger partial charge in [-0.15, -0.1) is 10.2 Å². The van der Waals surface area contributed by atoms with Crippen LogP contribution in [0.3, 0.4) is 0 Å². The minimum Gasteiger partial charge on any atom is -0.507 e. The molecule has 0 unspecified atom stereocenters. The first-order valence-corrected chi connectivity index (χ1v) is 8.69. The van der Waals surface area contributed by atoms with Crippen LogP contribution in [0, 0.1) is 0 Å². The van der Waals surface area contributed by atoms with E-state index in [4.69, 9.17) is 0 Å². The molecule has 3 aromatic rings. The summed E-state index contributed by atoms with van der Waals surface area (Å²) in [5.74, 6) is -0.545. The largest absolute Gasteiger partial charge is 0.507 e. The number of aromatic hydroxyl groups is 1. The standard InChI is InChI=1S/C18H14F6N4O2/c19-17(20,21)9-3-4-11(13(29)6-9)14-12-2-1-5-28(12)15(27-26-14)25-10-7-16(30,8-10)18(22,23)24/h1-6,10,29-30H,7-8H2,(H,25,27). The second-order valence-corrected chi connectivity index (χ2v) is 7.14. The Kier molecular flexibility index (Phi) is 4.38. The number of fused-ring (bicyclic) bond motifs is 1. The summed E-state index contributed by atoms with van der Waals surface area (Å²) >= 11 is 0. The smallest absolute Gasteiger partial charge is 0.417 e. The van der Waals surface area contributed by atoms with E-state index in [1.807, 2.05) is 0 Å². The maximum Gasteiger partial charge on any atom is 0.417 e. The predicted octanol–water partition coefficient (Wildman–Crippen LogP) is 3.99. The summed E-state index contributed by atoms with van der Waals surface area (Å²) < 4.78 is 78.2. The van der Waals surface area contributed by atoms with Gasteiger partial charge in [0.15, 0.2) is 5.60 Å². The molecule has 1 saturated carbocycles. The van der Waals surface area contributed by atoms with Crippen molar-refractivity contribution in [3.8, 4) is 17.0 Å². The van der Waals surface area contributed by atoms with E-state index in [9.17, 15) is 36.6 Å². The molecule has 0 spiro atoms. The molecule has 1 aromatic carbocycles. The minimum absolute atomic E-state index is 0.0147. The molecule has 1 aliphatic rings. The number of alkyl halides is 6. The van der Waals surface area contributed by atoms with Gasteiger partial charge < -0.3 is 15.5 Å². The molecule has 1 aliphatic carbocycles. The van der Waals surface area contributed by atoms with Crippen LogP contribution in [0.15, 0.2) is 36.5 Å². The highest BCUT2D eigenvalue weighted by Gasteiger charge is 2.61. The van der Waals surface area contributed by atoms with Crippen molar-refractivity contribution in [3.63, 3.8) is 0 Å². The average molecular weight is 432 g/mol. The van der Waals surface area contributed by atoms with E-state index in [1.165, 1.54) is 10.6 Å². The highest BCUT2D eigenvalue weighted by atomic mass is 19.4. The van der Waals surface area contributed by atoms with Crippen LogP contribution in [0.5, 0.6) is 5.75 Å². The van der Waals surface area contributed by atoms with Crippen molar-refractivity contribution in [2.24, 2.45) is 0 Å². The number of nitrogens with one attached hydrogen (secondary N) is 1. The third-order valence-electron chi connectivity index (χ3n) is 5.07. The number of phenolic OH excluding ortho intramolecular Hbond substituents is 1. The minimum atomic E-state index is -4.73. The van der Waals surface area contributed by atoms with E-state index < -0.39 is 48.2 Å². The molecule has 0 saturated heterocycles. The van der Waals surface area contributed by atoms with Gasteiger partial charge >= 0.3 is 12.4 Å². The number of rotatable bonds is 3. The predicted molar refractivity (Wildman–Crippen MR) is 92.7 cm³/mol. The van der Waals surface area contributed by atoms with Crippen molar-refractivity contribution in [2.75, 3.05) is 5.32 Å². The van der Waals surface area contributed by atoms with Crippen LogP contribution < -0.4 is 5.32 Å². The third kappa shape index (κ3) is 3.30. The van der Waals surface area contributed by atoms with Crippen LogP contribution in [0.4, 0.5) is 32.3 Å². The molecular weight excluding hydrogens is 418 g/mol. The van der Waals surface area contributed by atoms with Crippen molar-refractivity contribution in [2.45, 2.75) is 36.8 Å². The molecule has 0 aliphatic heterocycles. The summed E-state index contributed by atoms with van der Waals surface area (Å²) in [4.78, 5) is 0. The van der Waals surface area contributed by atoms with Crippen LogP contribution in [0.25, 0.3) is 16.8 Å². The normalized spacial score (nSPS) is 22.2. The van der Waals surface area contributed by atoms with Gasteiger partial charge in [-0.1, -0.05) is 0 Å². The highest BCUT2D eigenvalue weighted by Crippen LogP contribution is 2.46. The number of nitrogens with zero attached hydrogens (tertiary/aromatic N) is 3. The van der Waals surface area contributed by atoms with E-state index in [0.29, 0.717) is 11.6 Å². The molecule has 3 N–H and O–H groups in total. The molecule has 0 radical (unpaired) electrons. The van der Waals surface area contributed by atoms with Crippen LogP contribution in [0.2, 0.25) is 0 Å². The zero-order chi connectivity index (χ0) is 21.9. The molecule has 0 bridgehead atoms. The van der Waals surface area contributed by atoms with Crippen molar-refractivity contribution >= 4 is 11.5 Å². The fourth-order valence-electron chi connectivity index (χ4n) is 3.43. The Morgan fingerprint density at radius 3 is 2.37 bits per heavy atom. The Morgan fingerprint density at radius 2 is 1.77 bits per heavy atom. The first-order valence-electron chi connectivity index (χ1n) is 8.69. The van der Waals surface area contributed by atoms with Gasteiger partial charge in [0.2, 0.25) is 5.95 Å². The van der Waals surface area contributed by atoms with Crippen molar-refractivity contribution in [3.05, 3.63) is 42.1 Å². The van der Waals surface area contributed by atoms with Gasteiger partial charge in [-0.3, -0.25) is 4.40 Å². The molecular formula is C18H14F6N4O2. The number of hydrogen-bond donors (Lipinski definition) is 3. The van der Waals surface area contributed by atoms with E-state index in [0.717, 1.165) is 12.1 Å². The molecule has 4 rings (SSSR count). The van der Waals surface area contributed by atoms with Crippen LogP contribution in [0.1, 0.15) is 18.4 Å². The molecule has 0 amide bonds. The fourth-order valence-corrected chi connectivity index (χ4v) is 3.43.